The number of fused-ring (bicyclic) bond motifs is 3. The van der Waals surface area contributed by atoms with Gasteiger partial charge in [-0.25, -0.2) is 19.9 Å². The summed E-state index contributed by atoms with van der Waals surface area (Å²) in [6.45, 7) is 25.0. The number of nitrogens with one attached hydrogen (secondary N) is 4. The molecule has 0 radical (unpaired) electrons. The first-order chi connectivity index (χ1) is 50.0. The van der Waals surface area contributed by atoms with Crippen LogP contribution in [0, 0.1) is 11.3 Å². The van der Waals surface area contributed by atoms with Crippen molar-refractivity contribution < 1.29 is 19.0 Å². The second-order valence-electron chi connectivity index (χ2n) is 28.2. The zero-order valence-electron chi connectivity index (χ0n) is 62.1. The molecular weight excluding hydrogens is 1510 g/mol. The number of alkyl halides is 1. The molecule has 0 saturated carbocycles. The van der Waals surface area contributed by atoms with Gasteiger partial charge in [0.15, 0.2) is 0 Å². The van der Waals surface area contributed by atoms with E-state index in [-0.39, 0.29) is 28.0 Å². The summed E-state index contributed by atoms with van der Waals surface area (Å²) in [6.07, 6.45) is 18.8. The van der Waals surface area contributed by atoms with Gasteiger partial charge in [-0.2, -0.15) is 0 Å². The van der Waals surface area contributed by atoms with Crippen LogP contribution in [0.4, 0.5) is 57.4 Å². The average Bonchev–Trinajstić information content (AvgIpc) is 1.55. The predicted molar refractivity (Wildman–Crippen MR) is 429 cm³/mol. The van der Waals surface area contributed by atoms with E-state index in [0.29, 0.717) is 77.3 Å². The van der Waals surface area contributed by atoms with Crippen LogP contribution in [0.15, 0.2) is 133 Å². The minimum Gasteiger partial charge on any atom is -0.385 e. The maximum absolute atomic E-state index is 13.9. The molecule has 5 aliphatic rings. The van der Waals surface area contributed by atoms with Crippen LogP contribution in [0.3, 0.4) is 0 Å². The summed E-state index contributed by atoms with van der Waals surface area (Å²) in [5.41, 5.74) is 10.8. The van der Waals surface area contributed by atoms with Crippen molar-refractivity contribution in [2.24, 2.45) is 32.5 Å². The summed E-state index contributed by atoms with van der Waals surface area (Å²) < 4.78 is 23.7. The number of piperidine rings is 1. The molecule has 104 heavy (non-hydrogen) atoms. The lowest BCUT2D eigenvalue weighted by Crippen LogP contribution is -2.52. The monoisotopic (exact) mass is 1610 g/mol. The molecule has 13 rings (SSSR count). The van der Waals surface area contributed by atoms with E-state index in [9.17, 15) is 19.2 Å². The second kappa shape index (κ2) is 36.5. The van der Waals surface area contributed by atoms with E-state index >= 15 is 0 Å². The number of carbonyl (C=O) groups is 1. The molecule has 1 unspecified atom stereocenters. The van der Waals surface area contributed by atoms with Gasteiger partial charge in [-0.05, 0) is 180 Å². The lowest BCUT2D eigenvalue weighted by atomic mass is 9.89. The second-order valence-corrected chi connectivity index (χ2v) is 30.9. The van der Waals surface area contributed by atoms with Crippen LogP contribution in [0.25, 0.3) is 11.1 Å². The Morgan fingerprint density at radius 3 is 1.68 bits per heavy atom. The number of aromatic nitrogens is 8. The fraction of sp³-hybridized carbons (Fsp3) is 0.481. The molecule has 8 aromatic rings. The molecule has 1 aliphatic carbocycles. The van der Waals surface area contributed by atoms with Gasteiger partial charge in [-0.1, -0.05) is 36.7 Å². The largest absolute Gasteiger partial charge is 0.385 e. The predicted octanol–water partition coefficient (Wildman–Crippen LogP) is 11.9. The fourth-order valence-electron chi connectivity index (χ4n) is 14.6. The van der Waals surface area contributed by atoms with Gasteiger partial charge in [0.2, 0.25) is 0 Å². The quantitative estimate of drug-likeness (QED) is 0.0520. The number of hydrogen-bond acceptors (Lipinski definition) is 19. The van der Waals surface area contributed by atoms with Gasteiger partial charge in [0.1, 0.15) is 46.0 Å². The number of anilines is 10. The number of hydrogen-bond donors (Lipinski definition) is 4. The molecule has 558 valence electrons. The van der Waals surface area contributed by atoms with Gasteiger partial charge < -0.3 is 68.4 Å². The molecule has 27 heteroatoms. The molecule has 8 aromatic heterocycles. The number of methoxy groups -OCH3 is 3. The Hall–Kier alpha value is -7.76. The van der Waals surface area contributed by atoms with E-state index in [1.165, 1.54) is 20.4 Å². The summed E-state index contributed by atoms with van der Waals surface area (Å²) in [7, 11) is 10.4. The van der Waals surface area contributed by atoms with Crippen LogP contribution in [-0.4, -0.2) is 173 Å². The molecule has 3 saturated heterocycles. The van der Waals surface area contributed by atoms with E-state index in [2.05, 4.69) is 168 Å². The first-order valence-corrected chi connectivity index (χ1v) is 38.6. The Kier molecular flexibility index (Phi) is 27.7. The zero-order chi connectivity index (χ0) is 74.4. The zero-order valence-corrected chi connectivity index (χ0v) is 66.9. The van der Waals surface area contributed by atoms with Gasteiger partial charge in [0.25, 0.3) is 22.6 Å². The van der Waals surface area contributed by atoms with Crippen molar-refractivity contribution in [2.45, 2.75) is 105 Å². The Bertz CT molecular complexity index is 4380. The van der Waals surface area contributed by atoms with Gasteiger partial charge >= 0.3 is 0 Å². The molecule has 1 amide bonds. The third-order valence-electron chi connectivity index (χ3n) is 19.9. The maximum atomic E-state index is 13.9. The van der Waals surface area contributed by atoms with Crippen molar-refractivity contribution in [3.63, 3.8) is 0 Å². The van der Waals surface area contributed by atoms with Crippen LogP contribution in [0.5, 0.6) is 0 Å². The van der Waals surface area contributed by atoms with Crippen LogP contribution >= 0.6 is 47.8 Å². The number of halogens is 3. The van der Waals surface area contributed by atoms with E-state index in [4.69, 9.17) is 19.4 Å². The van der Waals surface area contributed by atoms with Crippen LogP contribution in [0.2, 0.25) is 0 Å². The highest BCUT2D eigenvalue weighted by atomic mass is 79.9. The number of ether oxygens (including phenoxy) is 3. The number of aryl methyl sites for hydroxylation is 3. The number of piperazine rings is 2. The van der Waals surface area contributed by atoms with E-state index in [1.54, 1.807) is 77.8 Å². The van der Waals surface area contributed by atoms with Crippen LogP contribution in [0.1, 0.15) is 88.1 Å². The molecule has 0 aromatic carbocycles. The summed E-state index contributed by atoms with van der Waals surface area (Å²) >= 11 is 10.00. The molecule has 4 N–H and O–H groups in total. The molecule has 12 heterocycles. The highest BCUT2D eigenvalue weighted by molar-refractivity contribution is 9.10. The summed E-state index contributed by atoms with van der Waals surface area (Å²) in [5, 5.41) is 13.8. The smallest absolute Gasteiger partial charge is 0.276 e. The highest BCUT2D eigenvalue weighted by Gasteiger charge is 2.38. The highest BCUT2D eigenvalue weighted by Crippen LogP contribution is 2.41. The molecule has 24 nitrogen and oxygen atoms in total. The van der Waals surface area contributed by atoms with Gasteiger partial charge in [-0.3, -0.25) is 29.0 Å². The Balaban J connectivity index is 0.000000177. The minimum absolute atomic E-state index is 0.00000226. The maximum Gasteiger partial charge on any atom is 0.276 e. The first-order valence-electron chi connectivity index (χ1n) is 35.9. The van der Waals surface area contributed by atoms with Crippen molar-refractivity contribution in [1.82, 2.24) is 48.4 Å². The van der Waals surface area contributed by atoms with Gasteiger partial charge in [0.05, 0.1) is 48.9 Å². The number of amides is 1. The number of rotatable bonds is 20. The summed E-state index contributed by atoms with van der Waals surface area (Å²) in [5.74, 6) is 3.31. The van der Waals surface area contributed by atoms with Crippen LogP contribution < -0.4 is 57.5 Å². The SMILES string of the molecule is CCc1c(-c2cc(Nc3ccc(N4CCC(CCOC)C[C@@H]4C)cn3)c(=O)n(C)c2)ccnc1N1CCn2c(cc3c2CC(C)(C)C3)C1=O.COCCBr.COCCN1CCN(c2ccc(Nc3cc(Br)cn(C)c3=O)nc2)[C@@H](C)C1.C[C@H]1CNCCN1c1ccc(Nc2cc(Br)cn(C)c2=O)nc1. The fourth-order valence-corrected chi connectivity index (χ4v) is 16.0. The third kappa shape index (κ3) is 19.6. The normalized spacial score (nSPS) is 18.5. The average molecular weight is 1620 g/mol. The molecule has 0 spiro atoms. The molecule has 4 atom stereocenters. The topological polar surface area (TPSA) is 232 Å². The molecular formula is C77H102Br3N17O7. The summed E-state index contributed by atoms with van der Waals surface area (Å²) in [6, 6.07) is 22.7. The van der Waals surface area contributed by atoms with Gasteiger partial charge in [0, 0.05) is 189 Å². The number of pyridine rings is 7. The summed E-state index contributed by atoms with van der Waals surface area (Å²) in [4.78, 5) is 81.4. The van der Waals surface area contributed by atoms with Gasteiger partial charge in [-0.15, -0.1) is 0 Å². The van der Waals surface area contributed by atoms with Crippen LogP contribution in [-0.2, 0) is 61.2 Å². The molecule has 4 aliphatic heterocycles. The van der Waals surface area contributed by atoms with Crippen molar-refractivity contribution in [3.8, 4) is 11.1 Å². The molecule has 0 bridgehead atoms. The Morgan fingerprint density at radius 2 is 1.17 bits per heavy atom. The lowest BCUT2D eigenvalue weighted by molar-refractivity contribution is 0.0963. The standard InChI is InChI=1S/C39H49N7O3.C19H26BrN5O2.C16H20BrN5O.C3H7BrO/c1-7-30-31(10-13-40-36(30)46-16-15-45-33(38(46)48)20-27-21-39(3,4)22-34(27)45)28-19-32(37(47)43(5)24-28)42-35-9-8-29(23-41-35)44-14-11-26(12-17-49-6)18-25(44)2;1-14-12-24(8-9-27-3)6-7-25(14)16-4-5-18(21-11-16)22-17-10-15(20)13-23(2)19(17)26;1-11-8-18-5-6-22(11)13-3-4-15(19-9-13)20-14-7-12(17)10-21(2)16(14)23;1-5-3-2-4/h8-10,13,19-20,23-26H,7,11-12,14-18,21-22H2,1-6H3,(H,41,42);4-5,10-11,13-14H,6-9,12H2,1-3H3,(H,21,22);3-4,7,9-11,18H,5-6,8H2,1-2H3,(H,19,20);2-3H2,1H3/t25-,26?;14-;11-;/m000./s1. The lowest BCUT2D eigenvalue weighted by Gasteiger charge is -2.41. The van der Waals surface area contributed by atoms with Crippen molar-refractivity contribution in [2.75, 3.05) is 141 Å². The Labute approximate surface area is 636 Å². The van der Waals surface area contributed by atoms with E-state index < -0.39 is 0 Å². The first kappa shape index (κ1) is 78.8. The third-order valence-corrected chi connectivity index (χ3v) is 21.1. The van der Waals surface area contributed by atoms with E-state index in [0.717, 1.165) is 165 Å². The Morgan fingerprint density at radius 1 is 0.615 bits per heavy atom. The van der Waals surface area contributed by atoms with Crippen molar-refractivity contribution in [3.05, 3.63) is 173 Å². The van der Waals surface area contributed by atoms with Crippen molar-refractivity contribution in [1.29, 1.82) is 0 Å². The number of carbonyl (C=O) groups excluding carboxylic acids is 1. The number of nitrogens with zero attached hydrogens (tertiary/aromatic N) is 13. The van der Waals surface area contributed by atoms with E-state index in [1.807, 2.05) is 66.1 Å². The van der Waals surface area contributed by atoms with Crippen molar-refractivity contribution >= 4 is 111 Å². The minimum atomic E-state index is -0.142. The molecule has 3 fully saturated rings.